The second kappa shape index (κ2) is 9.17. The first-order chi connectivity index (χ1) is 15.7. The summed E-state index contributed by atoms with van der Waals surface area (Å²) >= 11 is 2.45. The molecule has 0 saturated heterocycles. The number of aromatic nitrogens is 3. The third-order valence-corrected chi connectivity index (χ3v) is 6.56. The molecule has 3 aromatic heterocycles. The molecule has 0 aliphatic rings. The van der Waals surface area contributed by atoms with Crippen LogP contribution in [0, 0.1) is 0 Å². The largest absolute Gasteiger partial charge is 0.416 e. The minimum absolute atomic E-state index is 0.0532. The number of thiophene rings is 1. The lowest BCUT2D eigenvalue weighted by Gasteiger charge is -2.11. The topological polar surface area (TPSA) is 106 Å². The van der Waals surface area contributed by atoms with Gasteiger partial charge in [0.1, 0.15) is 5.01 Å². The van der Waals surface area contributed by atoms with Crippen LogP contribution in [-0.4, -0.2) is 45.7 Å². The van der Waals surface area contributed by atoms with E-state index in [-0.39, 0.29) is 30.6 Å². The van der Waals surface area contributed by atoms with Crippen LogP contribution in [0.15, 0.2) is 33.8 Å². The number of hydrogen-bond donors (Lipinski definition) is 2. The molecule has 2 N–H and O–H groups in total. The van der Waals surface area contributed by atoms with Gasteiger partial charge in [-0.25, -0.2) is 9.67 Å². The van der Waals surface area contributed by atoms with Crippen molar-refractivity contribution in [3.8, 4) is 0 Å². The number of methoxy groups -OCH3 is 1. The number of rotatable bonds is 7. The van der Waals surface area contributed by atoms with Crippen molar-refractivity contribution in [1.29, 1.82) is 0 Å². The molecule has 0 bridgehead atoms. The zero-order valence-electron chi connectivity index (χ0n) is 17.0. The molecule has 13 heteroatoms. The molecule has 33 heavy (non-hydrogen) atoms. The Morgan fingerprint density at radius 1 is 1.30 bits per heavy atom. The average molecular weight is 499 g/mol. The van der Waals surface area contributed by atoms with Gasteiger partial charge >= 0.3 is 6.18 Å². The number of benzene rings is 1. The number of thiazole rings is 1. The monoisotopic (exact) mass is 498 g/mol. The fraction of sp³-hybridized carbons (Fsp3) is 0.300. The van der Waals surface area contributed by atoms with Crippen molar-refractivity contribution in [2.75, 3.05) is 13.7 Å². The zero-order chi connectivity index (χ0) is 23.8. The van der Waals surface area contributed by atoms with Crippen LogP contribution in [0.4, 0.5) is 13.2 Å². The van der Waals surface area contributed by atoms with Crippen molar-refractivity contribution in [1.82, 2.24) is 20.1 Å². The number of carbonyl (C=O) groups is 1. The van der Waals surface area contributed by atoms with E-state index in [1.165, 1.54) is 24.5 Å². The molecule has 1 aromatic carbocycles. The normalized spacial score (nSPS) is 13.0. The SMILES string of the molecule is COC(O)CNC(=O)Cc1nn(Cc2nc3cc(C(F)(F)F)ccc3s2)c(=O)c2cscc12. The number of carbonyl (C=O) groups excluding carboxylic acids is 1. The molecular weight excluding hydrogens is 481 g/mol. The average Bonchev–Trinajstić information content (AvgIpc) is 3.41. The number of aliphatic hydroxyl groups is 1. The highest BCUT2D eigenvalue weighted by Crippen LogP contribution is 2.33. The maximum absolute atomic E-state index is 13.0. The molecule has 0 aliphatic carbocycles. The Balaban J connectivity index is 1.63. The van der Waals surface area contributed by atoms with Gasteiger partial charge in [-0.2, -0.15) is 29.6 Å². The lowest BCUT2D eigenvalue weighted by Crippen LogP contribution is -2.34. The number of fused-ring (bicyclic) bond motifs is 2. The van der Waals surface area contributed by atoms with E-state index >= 15 is 0 Å². The van der Waals surface area contributed by atoms with E-state index in [0.717, 1.165) is 28.2 Å². The predicted molar refractivity (Wildman–Crippen MR) is 117 cm³/mol. The highest BCUT2D eigenvalue weighted by Gasteiger charge is 2.30. The highest BCUT2D eigenvalue weighted by atomic mass is 32.1. The van der Waals surface area contributed by atoms with Crippen molar-refractivity contribution in [2.45, 2.75) is 25.4 Å². The number of ether oxygens (including phenoxy) is 1. The Morgan fingerprint density at radius 3 is 2.79 bits per heavy atom. The van der Waals surface area contributed by atoms with E-state index in [2.05, 4.69) is 20.1 Å². The zero-order valence-corrected chi connectivity index (χ0v) is 18.7. The molecule has 8 nitrogen and oxygen atoms in total. The van der Waals surface area contributed by atoms with Crippen LogP contribution in [0.25, 0.3) is 21.0 Å². The fourth-order valence-electron chi connectivity index (χ4n) is 3.15. The molecule has 3 heterocycles. The van der Waals surface area contributed by atoms with Crippen molar-refractivity contribution in [3.63, 3.8) is 0 Å². The molecule has 1 atom stereocenters. The van der Waals surface area contributed by atoms with Crippen molar-refractivity contribution >= 4 is 49.6 Å². The van der Waals surface area contributed by atoms with Crippen LogP contribution in [-0.2, 0) is 28.7 Å². The van der Waals surface area contributed by atoms with Gasteiger partial charge in [0.15, 0.2) is 6.29 Å². The third kappa shape index (κ3) is 5.05. The number of halogens is 3. The van der Waals surface area contributed by atoms with E-state index in [1.807, 2.05) is 0 Å². The Kier molecular flexibility index (Phi) is 6.47. The van der Waals surface area contributed by atoms with Crippen molar-refractivity contribution in [3.05, 3.63) is 55.6 Å². The van der Waals surface area contributed by atoms with Crippen LogP contribution in [0.1, 0.15) is 16.3 Å². The molecule has 4 aromatic rings. The summed E-state index contributed by atoms with van der Waals surface area (Å²) in [6.07, 6.45) is -5.76. The van der Waals surface area contributed by atoms with Gasteiger partial charge < -0.3 is 15.2 Å². The number of nitrogens with one attached hydrogen (secondary N) is 1. The van der Waals surface area contributed by atoms with Gasteiger partial charge in [0.25, 0.3) is 5.56 Å². The predicted octanol–water partition coefficient (Wildman–Crippen LogP) is 2.76. The molecule has 0 spiro atoms. The standard InChI is InChI=1S/C20H17F3N4O4S2/c1-31-18(29)6-24-16(28)5-13-11-8-32-9-12(11)19(30)27(26-13)7-17-25-14-4-10(20(21,22)23)2-3-15(14)33-17/h2-4,8-9,18,29H,5-7H2,1H3,(H,24,28). The van der Waals surface area contributed by atoms with Crippen LogP contribution in [0.3, 0.4) is 0 Å². The van der Waals surface area contributed by atoms with E-state index in [0.29, 0.717) is 26.2 Å². The first-order valence-corrected chi connectivity index (χ1v) is 11.3. The summed E-state index contributed by atoms with van der Waals surface area (Å²) in [5.41, 5.74) is -0.643. The molecule has 0 radical (unpaired) electrons. The molecule has 0 saturated carbocycles. The first-order valence-electron chi connectivity index (χ1n) is 9.56. The summed E-state index contributed by atoms with van der Waals surface area (Å²) in [7, 11) is 1.30. The van der Waals surface area contributed by atoms with Crippen LogP contribution < -0.4 is 10.9 Å². The highest BCUT2D eigenvalue weighted by molar-refractivity contribution is 7.18. The lowest BCUT2D eigenvalue weighted by molar-refractivity contribution is -0.137. The minimum Gasteiger partial charge on any atom is -0.366 e. The summed E-state index contributed by atoms with van der Waals surface area (Å²) < 4.78 is 45.3. The molecule has 4 rings (SSSR count). The molecule has 174 valence electrons. The number of hydrogen-bond acceptors (Lipinski definition) is 8. The maximum Gasteiger partial charge on any atom is 0.416 e. The Hall–Kier alpha value is -2.87. The summed E-state index contributed by atoms with van der Waals surface area (Å²) in [5, 5.41) is 21.0. The number of aliphatic hydroxyl groups excluding tert-OH is 1. The molecule has 0 fully saturated rings. The van der Waals surface area contributed by atoms with Gasteiger partial charge in [-0.3, -0.25) is 9.59 Å². The summed E-state index contributed by atoms with van der Waals surface area (Å²) in [4.78, 5) is 29.4. The second-order valence-electron chi connectivity index (χ2n) is 7.07. The minimum atomic E-state index is -4.48. The quantitative estimate of drug-likeness (QED) is 0.380. The van der Waals surface area contributed by atoms with Gasteiger partial charge in [-0.1, -0.05) is 0 Å². The van der Waals surface area contributed by atoms with Crippen LogP contribution >= 0.6 is 22.7 Å². The molecule has 1 amide bonds. The van der Waals surface area contributed by atoms with Crippen LogP contribution in [0.5, 0.6) is 0 Å². The number of alkyl halides is 3. The van der Waals surface area contributed by atoms with Crippen molar-refractivity contribution < 1.29 is 27.8 Å². The molecular formula is C20H17F3N4O4S2. The van der Waals surface area contributed by atoms with E-state index in [9.17, 15) is 27.9 Å². The fourth-order valence-corrected chi connectivity index (χ4v) is 4.92. The number of amides is 1. The summed E-state index contributed by atoms with van der Waals surface area (Å²) in [5.74, 6) is -0.420. The van der Waals surface area contributed by atoms with Gasteiger partial charge in [0.2, 0.25) is 5.91 Å². The van der Waals surface area contributed by atoms with E-state index in [4.69, 9.17) is 0 Å². The first kappa shape index (κ1) is 23.3. The second-order valence-corrected chi connectivity index (χ2v) is 8.93. The Bertz CT molecular complexity index is 1380. The van der Waals surface area contributed by atoms with Crippen molar-refractivity contribution in [2.24, 2.45) is 0 Å². The number of nitrogens with zero attached hydrogens (tertiary/aromatic N) is 3. The van der Waals surface area contributed by atoms with Gasteiger partial charge in [-0.15, -0.1) is 11.3 Å². The van der Waals surface area contributed by atoms with Gasteiger partial charge in [0, 0.05) is 23.3 Å². The van der Waals surface area contributed by atoms with E-state index < -0.39 is 23.9 Å². The maximum atomic E-state index is 13.0. The van der Waals surface area contributed by atoms with E-state index in [1.54, 1.807) is 10.8 Å². The molecule has 0 aliphatic heterocycles. The molecule has 1 unspecified atom stereocenters. The smallest absolute Gasteiger partial charge is 0.366 e. The van der Waals surface area contributed by atoms with Gasteiger partial charge in [0.05, 0.1) is 46.4 Å². The van der Waals surface area contributed by atoms with Gasteiger partial charge in [-0.05, 0) is 18.2 Å². The Morgan fingerprint density at radius 2 is 2.06 bits per heavy atom. The summed E-state index contributed by atoms with van der Waals surface area (Å²) in [6.45, 7) is -0.157. The summed E-state index contributed by atoms with van der Waals surface area (Å²) in [6, 6.07) is 3.31. The lowest BCUT2D eigenvalue weighted by atomic mass is 10.2. The Labute approximate surface area is 192 Å². The third-order valence-electron chi connectivity index (χ3n) is 4.80. The van der Waals surface area contributed by atoms with Crippen LogP contribution in [0.2, 0.25) is 0 Å².